The smallest absolute Gasteiger partial charge is 0.335 e. The van der Waals surface area contributed by atoms with Crippen molar-refractivity contribution in [2.75, 3.05) is 23.4 Å². The fourth-order valence-electron chi connectivity index (χ4n) is 3.73. The summed E-state index contributed by atoms with van der Waals surface area (Å²) < 4.78 is 12.6. The lowest BCUT2D eigenvalue weighted by molar-refractivity contribution is -0.122. The lowest BCUT2D eigenvalue weighted by Gasteiger charge is -2.26. The average Bonchev–Trinajstić information content (AvgIpc) is 2.89. The molecule has 1 fully saturated rings. The van der Waals surface area contributed by atoms with Crippen molar-refractivity contribution in [3.05, 3.63) is 85.3 Å². The Morgan fingerprint density at radius 3 is 2.45 bits per heavy atom. The molecule has 40 heavy (non-hydrogen) atoms. The topological polar surface area (TPSA) is 114 Å². The van der Waals surface area contributed by atoms with Gasteiger partial charge in [-0.15, -0.1) is 0 Å². The van der Waals surface area contributed by atoms with Gasteiger partial charge in [-0.1, -0.05) is 33.6 Å². The molecule has 3 aromatic rings. The molecule has 0 spiro atoms. The molecule has 206 valence electrons. The molecule has 1 heterocycles. The van der Waals surface area contributed by atoms with Crippen LogP contribution in [0.4, 0.5) is 16.2 Å². The van der Waals surface area contributed by atoms with E-state index in [2.05, 4.69) is 42.5 Å². The molecule has 9 nitrogen and oxygen atoms in total. The van der Waals surface area contributed by atoms with Gasteiger partial charge >= 0.3 is 6.03 Å². The number of nitrogens with one attached hydrogen (secondary N) is 2. The number of carbonyl (C=O) groups excluding carboxylic acids is 4. The molecule has 0 aromatic heterocycles. The highest BCUT2D eigenvalue weighted by Gasteiger charge is 2.36. The van der Waals surface area contributed by atoms with Crippen molar-refractivity contribution in [3.63, 3.8) is 0 Å². The molecule has 5 amide bonds. The average molecular weight is 692 g/mol. The molecule has 4 rings (SSSR count). The highest BCUT2D eigenvalue weighted by molar-refractivity contribution is 9.10. The highest BCUT2D eigenvalue weighted by Crippen LogP contribution is 2.38. The molecule has 0 unspecified atom stereocenters. The largest absolute Gasteiger partial charge is 0.490 e. The summed E-state index contributed by atoms with van der Waals surface area (Å²) in [5.41, 5.74) is 1.89. The Balaban J connectivity index is 1.57. The Hall–Kier alpha value is -3.67. The number of anilines is 2. The van der Waals surface area contributed by atoms with Gasteiger partial charge in [-0.25, -0.2) is 9.69 Å². The maximum atomic E-state index is 13.2. The molecule has 2 N–H and O–H groups in total. The molecule has 0 aliphatic carbocycles. The maximum Gasteiger partial charge on any atom is 0.335 e. The Bertz CT molecular complexity index is 1540. The number of barbiturate groups is 1. The van der Waals surface area contributed by atoms with E-state index in [1.807, 2.05) is 6.92 Å². The lowest BCUT2D eigenvalue weighted by Crippen LogP contribution is -2.54. The zero-order chi connectivity index (χ0) is 29.0. The number of benzene rings is 3. The van der Waals surface area contributed by atoms with E-state index in [0.717, 1.165) is 14.9 Å². The van der Waals surface area contributed by atoms with Crippen LogP contribution in [-0.2, 0) is 14.4 Å². The van der Waals surface area contributed by atoms with Crippen LogP contribution in [0.1, 0.15) is 18.1 Å². The SMILES string of the molecule is CCOc1cc(/C=C2\C(=O)NC(=O)N(c3ccc(Br)cc3)C2=O)cc(Br)c1OCC(=O)Nc1ccc(C)c(Cl)c1. The summed E-state index contributed by atoms with van der Waals surface area (Å²) in [6.45, 7) is 3.59. The molecular formula is C28H22Br2ClN3O6. The van der Waals surface area contributed by atoms with Crippen LogP contribution < -0.4 is 25.0 Å². The number of rotatable bonds is 8. The predicted molar refractivity (Wildman–Crippen MR) is 159 cm³/mol. The minimum atomic E-state index is -0.847. The minimum Gasteiger partial charge on any atom is -0.490 e. The van der Waals surface area contributed by atoms with E-state index < -0.39 is 23.8 Å². The van der Waals surface area contributed by atoms with Gasteiger partial charge in [0.25, 0.3) is 17.7 Å². The zero-order valence-corrected chi connectivity index (χ0v) is 25.1. The van der Waals surface area contributed by atoms with Crippen LogP contribution in [0.25, 0.3) is 6.08 Å². The molecule has 1 saturated heterocycles. The number of carbonyl (C=O) groups is 4. The summed E-state index contributed by atoms with van der Waals surface area (Å²) in [4.78, 5) is 51.7. The summed E-state index contributed by atoms with van der Waals surface area (Å²) >= 11 is 12.9. The first-order valence-corrected chi connectivity index (χ1v) is 13.9. The van der Waals surface area contributed by atoms with Crippen LogP contribution in [0, 0.1) is 6.92 Å². The monoisotopic (exact) mass is 689 g/mol. The van der Waals surface area contributed by atoms with Gasteiger partial charge in [0.15, 0.2) is 18.1 Å². The van der Waals surface area contributed by atoms with E-state index in [-0.39, 0.29) is 30.3 Å². The number of nitrogens with zero attached hydrogens (tertiary/aromatic N) is 1. The summed E-state index contributed by atoms with van der Waals surface area (Å²) in [5, 5.41) is 5.44. The van der Waals surface area contributed by atoms with Gasteiger partial charge in [0.2, 0.25) is 0 Å². The number of amides is 5. The van der Waals surface area contributed by atoms with E-state index in [9.17, 15) is 19.2 Å². The predicted octanol–water partition coefficient (Wildman–Crippen LogP) is 6.26. The number of aryl methyl sites for hydroxylation is 1. The lowest BCUT2D eigenvalue weighted by atomic mass is 10.1. The van der Waals surface area contributed by atoms with Gasteiger partial charge < -0.3 is 14.8 Å². The van der Waals surface area contributed by atoms with Crippen molar-refractivity contribution in [2.45, 2.75) is 13.8 Å². The zero-order valence-electron chi connectivity index (χ0n) is 21.2. The maximum absolute atomic E-state index is 13.2. The number of urea groups is 1. The van der Waals surface area contributed by atoms with Crippen LogP contribution in [0.5, 0.6) is 11.5 Å². The second kappa shape index (κ2) is 12.7. The Kier molecular flexibility index (Phi) is 9.28. The van der Waals surface area contributed by atoms with E-state index in [0.29, 0.717) is 26.4 Å². The van der Waals surface area contributed by atoms with Crippen LogP contribution in [0.15, 0.2) is 69.1 Å². The molecule has 0 atom stereocenters. The van der Waals surface area contributed by atoms with Crippen LogP contribution in [-0.4, -0.2) is 37.0 Å². The number of ether oxygens (including phenoxy) is 2. The summed E-state index contributed by atoms with van der Waals surface area (Å²) in [6.07, 6.45) is 1.35. The van der Waals surface area contributed by atoms with E-state index >= 15 is 0 Å². The van der Waals surface area contributed by atoms with Gasteiger partial charge in [0, 0.05) is 15.2 Å². The molecule has 0 saturated carbocycles. The first kappa shape index (κ1) is 29.3. The van der Waals surface area contributed by atoms with E-state index in [4.69, 9.17) is 21.1 Å². The third-order valence-electron chi connectivity index (χ3n) is 5.63. The summed E-state index contributed by atoms with van der Waals surface area (Å²) in [5.74, 6) is -1.49. The van der Waals surface area contributed by atoms with Crippen molar-refractivity contribution in [3.8, 4) is 11.5 Å². The number of hydrogen-bond donors (Lipinski definition) is 2. The molecule has 12 heteroatoms. The highest BCUT2D eigenvalue weighted by atomic mass is 79.9. The normalized spacial score (nSPS) is 14.3. The van der Waals surface area contributed by atoms with Crippen LogP contribution >= 0.6 is 43.5 Å². The van der Waals surface area contributed by atoms with Gasteiger partial charge in [-0.3, -0.25) is 19.7 Å². The van der Waals surface area contributed by atoms with Crippen LogP contribution in [0.2, 0.25) is 5.02 Å². The second-order valence-corrected chi connectivity index (χ2v) is 10.7. The number of halogens is 3. The van der Waals surface area contributed by atoms with Gasteiger partial charge in [-0.05, 0) is 95.5 Å². The van der Waals surface area contributed by atoms with Crippen molar-refractivity contribution < 1.29 is 28.7 Å². The van der Waals surface area contributed by atoms with Crippen molar-refractivity contribution >= 4 is 84.7 Å². The number of hydrogen-bond acceptors (Lipinski definition) is 6. The quantitative estimate of drug-likeness (QED) is 0.213. The van der Waals surface area contributed by atoms with E-state index in [1.165, 1.54) is 6.08 Å². The van der Waals surface area contributed by atoms with E-state index in [1.54, 1.807) is 61.5 Å². The van der Waals surface area contributed by atoms with Crippen molar-refractivity contribution in [2.24, 2.45) is 0 Å². The standard InChI is InChI=1S/C28H22Br2ClN3O6/c1-3-39-23-12-16(10-20-26(36)33-28(38)34(27(20)37)19-8-5-17(29)6-9-19)11-21(30)25(23)40-14-24(35)32-18-7-4-15(2)22(31)13-18/h4-13H,3,14H2,1-2H3,(H,32,35)(H,33,36,38)/b20-10+. The number of imide groups is 2. The fourth-order valence-corrected chi connectivity index (χ4v) is 4.75. The second-order valence-electron chi connectivity index (χ2n) is 8.50. The first-order valence-electron chi connectivity index (χ1n) is 11.9. The molecule has 0 bridgehead atoms. The summed E-state index contributed by atoms with van der Waals surface area (Å²) in [6, 6.07) is 14.0. The van der Waals surface area contributed by atoms with Gasteiger partial charge in [-0.2, -0.15) is 0 Å². The van der Waals surface area contributed by atoms with Gasteiger partial charge in [0.05, 0.1) is 16.8 Å². The minimum absolute atomic E-state index is 0.248. The fraction of sp³-hybridized carbons (Fsp3) is 0.143. The molecule has 1 aliphatic rings. The first-order chi connectivity index (χ1) is 19.1. The third-order valence-corrected chi connectivity index (χ3v) is 7.16. The summed E-state index contributed by atoms with van der Waals surface area (Å²) in [7, 11) is 0. The van der Waals surface area contributed by atoms with Crippen molar-refractivity contribution in [1.82, 2.24) is 5.32 Å². The molecule has 1 aliphatic heterocycles. The van der Waals surface area contributed by atoms with Gasteiger partial charge in [0.1, 0.15) is 5.57 Å². The molecule has 0 radical (unpaired) electrons. The Morgan fingerprint density at radius 1 is 1.05 bits per heavy atom. The Morgan fingerprint density at radius 2 is 1.77 bits per heavy atom. The third kappa shape index (κ3) is 6.72. The molecular weight excluding hydrogens is 670 g/mol. The van der Waals surface area contributed by atoms with Crippen molar-refractivity contribution in [1.29, 1.82) is 0 Å². The Labute approximate surface area is 251 Å². The van der Waals surface area contributed by atoms with Crippen LogP contribution in [0.3, 0.4) is 0 Å². The molecule has 3 aromatic carbocycles.